The highest BCUT2D eigenvalue weighted by Gasteiger charge is 2.39. The van der Waals surface area contributed by atoms with Crippen LogP contribution in [0.3, 0.4) is 0 Å². The highest BCUT2D eigenvalue weighted by molar-refractivity contribution is 6.31. The van der Waals surface area contributed by atoms with Gasteiger partial charge in [0.1, 0.15) is 5.75 Å². The SMILES string of the molecule is CC1(O)CCC(N2CCC(Cc3ccc(OCC(=O)NCc4ccc(C(F)(F)F)cc4)cc3Cl)C2=O)CC1. The molecule has 0 spiro atoms. The Labute approximate surface area is 225 Å². The number of aliphatic hydroxyl groups is 1. The summed E-state index contributed by atoms with van der Waals surface area (Å²) in [5, 5.41) is 13.3. The molecule has 1 aliphatic carbocycles. The van der Waals surface area contributed by atoms with Crippen molar-refractivity contribution < 1.29 is 32.6 Å². The van der Waals surface area contributed by atoms with Crippen molar-refractivity contribution in [2.24, 2.45) is 5.92 Å². The Bertz CT molecular complexity index is 1140. The van der Waals surface area contributed by atoms with E-state index in [1.165, 1.54) is 12.1 Å². The van der Waals surface area contributed by atoms with E-state index in [-0.39, 0.29) is 31.0 Å². The van der Waals surface area contributed by atoms with Gasteiger partial charge in [0.25, 0.3) is 5.91 Å². The van der Waals surface area contributed by atoms with Crippen molar-refractivity contribution in [3.8, 4) is 5.75 Å². The van der Waals surface area contributed by atoms with Crippen LogP contribution in [0.1, 0.15) is 55.7 Å². The fraction of sp³-hybridized carbons (Fsp3) is 0.500. The van der Waals surface area contributed by atoms with Gasteiger partial charge in [-0.1, -0.05) is 29.8 Å². The third-order valence-electron chi connectivity index (χ3n) is 7.46. The van der Waals surface area contributed by atoms with Gasteiger partial charge in [-0.05, 0) is 80.8 Å². The van der Waals surface area contributed by atoms with Crippen LogP contribution in [0.15, 0.2) is 42.5 Å². The number of amides is 2. The standard InChI is InChI=1S/C28H32ClF3N2O4/c1-27(37)11-8-22(9-12-27)34-13-10-20(26(34)36)14-19-4-7-23(15-24(19)29)38-17-25(35)33-16-18-2-5-21(6-3-18)28(30,31)32/h2-7,15,20,22,37H,8-14,16-17H2,1H3,(H,33,35). The van der Waals surface area contributed by atoms with E-state index in [1.807, 2.05) is 11.8 Å². The van der Waals surface area contributed by atoms with Gasteiger partial charge in [0.2, 0.25) is 5.91 Å². The van der Waals surface area contributed by atoms with Crippen molar-refractivity contribution in [3.05, 3.63) is 64.2 Å². The van der Waals surface area contributed by atoms with E-state index in [0.717, 1.165) is 43.5 Å². The zero-order chi connectivity index (χ0) is 27.5. The number of hydrogen-bond acceptors (Lipinski definition) is 4. The minimum Gasteiger partial charge on any atom is -0.484 e. The Morgan fingerprint density at radius 2 is 1.84 bits per heavy atom. The Morgan fingerprint density at radius 1 is 1.16 bits per heavy atom. The van der Waals surface area contributed by atoms with E-state index in [1.54, 1.807) is 18.2 Å². The van der Waals surface area contributed by atoms with Crippen LogP contribution in [0.5, 0.6) is 5.75 Å². The van der Waals surface area contributed by atoms with Crippen LogP contribution in [0.25, 0.3) is 0 Å². The molecule has 1 saturated carbocycles. The van der Waals surface area contributed by atoms with E-state index in [4.69, 9.17) is 16.3 Å². The second-order valence-electron chi connectivity index (χ2n) is 10.5. The number of carbonyl (C=O) groups excluding carboxylic acids is 2. The summed E-state index contributed by atoms with van der Waals surface area (Å²) in [4.78, 5) is 27.1. The molecule has 4 rings (SSSR count). The van der Waals surface area contributed by atoms with Crippen LogP contribution in [-0.2, 0) is 28.7 Å². The molecule has 2 aromatic rings. The predicted octanol–water partition coefficient (Wildman–Crippen LogP) is 5.14. The molecule has 6 nitrogen and oxygen atoms in total. The lowest BCUT2D eigenvalue weighted by Gasteiger charge is -2.37. The molecule has 1 heterocycles. The molecule has 2 aliphatic rings. The maximum Gasteiger partial charge on any atom is 0.416 e. The topological polar surface area (TPSA) is 78.9 Å². The molecule has 1 saturated heterocycles. The summed E-state index contributed by atoms with van der Waals surface area (Å²) in [7, 11) is 0. The lowest BCUT2D eigenvalue weighted by Crippen LogP contribution is -2.43. The molecule has 1 atom stereocenters. The van der Waals surface area contributed by atoms with E-state index in [0.29, 0.717) is 35.6 Å². The zero-order valence-electron chi connectivity index (χ0n) is 21.2. The van der Waals surface area contributed by atoms with Crippen molar-refractivity contribution >= 4 is 23.4 Å². The summed E-state index contributed by atoms with van der Waals surface area (Å²) in [6.45, 7) is 2.37. The van der Waals surface area contributed by atoms with Crippen molar-refractivity contribution in [2.75, 3.05) is 13.2 Å². The number of halogens is 4. The highest BCUT2D eigenvalue weighted by atomic mass is 35.5. The van der Waals surface area contributed by atoms with Gasteiger partial charge in [-0.25, -0.2) is 0 Å². The highest BCUT2D eigenvalue weighted by Crippen LogP contribution is 2.35. The van der Waals surface area contributed by atoms with Gasteiger partial charge < -0.3 is 20.1 Å². The third-order valence-corrected chi connectivity index (χ3v) is 7.81. The average Bonchev–Trinajstić information content (AvgIpc) is 3.22. The van der Waals surface area contributed by atoms with Crippen LogP contribution in [0.2, 0.25) is 5.02 Å². The zero-order valence-corrected chi connectivity index (χ0v) is 21.9. The lowest BCUT2D eigenvalue weighted by atomic mass is 9.83. The summed E-state index contributed by atoms with van der Waals surface area (Å²) in [6.07, 6.45) is -0.0877. The number of benzene rings is 2. The first kappa shape index (κ1) is 28.2. The molecule has 10 heteroatoms. The number of likely N-dealkylation sites (tertiary alicyclic amines) is 1. The Hall–Kier alpha value is -2.78. The summed E-state index contributed by atoms with van der Waals surface area (Å²) >= 11 is 6.46. The van der Waals surface area contributed by atoms with Crippen molar-refractivity contribution in [1.82, 2.24) is 10.2 Å². The molecular weight excluding hydrogens is 521 g/mol. The lowest BCUT2D eigenvalue weighted by molar-refractivity contribution is -0.137. The van der Waals surface area contributed by atoms with E-state index < -0.39 is 23.2 Å². The van der Waals surface area contributed by atoms with Gasteiger partial charge in [-0.2, -0.15) is 13.2 Å². The predicted molar refractivity (Wildman–Crippen MR) is 137 cm³/mol. The summed E-state index contributed by atoms with van der Waals surface area (Å²) in [5.74, 6) is -0.0293. The van der Waals surface area contributed by atoms with E-state index in [2.05, 4.69) is 5.32 Å². The third kappa shape index (κ3) is 7.20. The maximum absolute atomic E-state index is 13.1. The second-order valence-corrected chi connectivity index (χ2v) is 10.9. The fourth-order valence-corrected chi connectivity index (χ4v) is 5.36. The summed E-state index contributed by atoms with van der Waals surface area (Å²) in [5.41, 5.74) is -0.0140. The van der Waals surface area contributed by atoms with Gasteiger partial charge in [0, 0.05) is 30.1 Å². The minimum atomic E-state index is -4.40. The Balaban J connectivity index is 1.23. The molecule has 0 bridgehead atoms. The molecule has 1 aliphatic heterocycles. The van der Waals surface area contributed by atoms with Crippen LogP contribution in [0.4, 0.5) is 13.2 Å². The fourth-order valence-electron chi connectivity index (χ4n) is 5.11. The number of alkyl halides is 3. The van der Waals surface area contributed by atoms with Crippen molar-refractivity contribution in [2.45, 2.75) is 69.8 Å². The molecule has 206 valence electrons. The molecule has 38 heavy (non-hydrogen) atoms. The number of hydrogen-bond donors (Lipinski definition) is 2. The number of nitrogens with one attached hydrogen (secondary N) is 1. The number of nitrogens with zero attached hydrogens (tertiary/aromatic N) is 1. The molecule has 0 radical (unpaired) electrons. The first-order valence-corrected chi connectivity index (χ1v) is 13.2. The largest absolute Gasteiger partial charge is 0.484 e. The molecule has 0 aromatic heterocycles. The first-order chi connectivity index (χ1) is 17.9. The van der Waals surface area contributed by atoms with Gasteiger partial charge in [0.15, 0.2) is 6.61 Å². The van der Waals surface area contributed by atoms with Gasteiger partial charge in [-0.3, -0.25) is 9.59 Å². The minimum absolute atomic E-state index is 0.0760. The molecule has 2 fully saturated rings. The molecule has 2 amide bonds. The second kappa shape index (κ2) is 11.5. The van der Waals surface area contributed by atoms with Crippen molar-refractivity contribution in [3.63, 3.8) is 0 Å². The number of carbonyl (C=O) groups is 2. The monoisotopic (exact) mass is 552 g/mol. The quantitative estimate of drug-likeness (QED) is 0.475. The van der Waals surface area contributed by atoms with Crippen LogP contribution in [-0.4, -0.2) is 46.6 Å². The van der Waals surface area contributed by atoms with E-state index >= 15 is 0 Å². The molecular formula is C28H32ClF3N2O4. The Morgan fingerprint density at radius 3 is 2.47 bits per heavy atom. The molecule has 2 N–H and O–H groups in total. The summed E-state index contributed by atoms with van der Waals surface area (Å²) < 4.78 is 43.5. The normalized spacial score (nSPS) is 23.9. The maximum atomic E-state index is 13.1. The summed E-state index contributed by atoms with van der Waals surface area (Å²) in [6, 6.07) is 9.87. The van der Waals surface area contributed by atoms with Gasteiger partial charge in [-0.15, -0.1) is 0 Å². The first-order valence-electron chi connectivity index (χ1n) is 12.8. The van der Waals surface area contributed by atoms with Gasteiger partial charge in [0.05, 0.1) is 11.2 Å². The van der Waals surface area contributed by atoms with Crippen LogP contribution < -0.4 is 10.1 Å². The van der Waals surface area contributed by atoms with Crippen molar-refractivity contribution in [1.29, 1.82) is 0 Å². The average molecular weight is 553 g/mol. The Kier molecular flexibility index (Phi) is 8.57. The molecule has 1 unspecified atom stereocenters. The smallest absolute Gasteiger partial charge is 0.416 e. The number of ether oxygens (including phenoxy) is 1. The van der Waals surface area contributed by atoms with Crippen LogP contribution in [0, 0.1) is 5.92 Å². The number of rotatable bonds is 8. The van der Waals surface area contributed by atoms with Gasteiger partial charge >= 0.3 is 6.18 Å². The van der Waals surface area contributed by atoms with Crippen LogP contribution >= 0.6 is 11.6 Å². The molecule has 2 aromatic carbocycles. The van der Waals surface area contributed by atoms with E-state index in [9.17, 15) is 27.9 Å².